The van der Waals surface area contributed by atoms with Crippen LogP contribution >= 0.6 is 0 Å². The first kappa shape index (κ1) is 21.5. The molecular formula is C24H31FN2O2S. The number of hydrogen-bond donors (Lipinski definition) is 2. The molecule has 4 rings (SSSR count). The van der Waals surface area contributed by atoms with E-state index in [9.17, 15) is 12.8 Å². The summed E-state index contributed by atoms with van der Waals surface area (Å²) in [5.74, 6) is 0.540. The monoisotopic (exact) mass is 430 g/mol. The number of hydrogen-bond acceptors (Lipinski definition) is 3. The highest BCUT2D eigenvalue weighted by Crippen LogP contribution is 2.41. The summed E-state index contributed by atoms with van der Waals surface area (Å²) >= 11 is 0. The minimum atomic E-state index is -3.27. The number of halogens is 1. The molecule has 2 aliphatic rings. The van der Waals surface area contributed by atoms with Crippen LogP contribution in [-0.2, 0) is 29.3 Å². The number of benzene rings is 2. The zero-order valence-electron chi connectivity index (χ0n) is 17.5. The van der Waals surface area contributed by atoms with Crippen molar-refractivity contribution in [2.45, 2.75) is 49.7 Å². The van der Waals surface area contributed by atoms with E-state index in [2.05, 4.69) is 34.3 Å². The Morgan fingerprint density at radius 1 is 1.13 bits per heavy atom. The lowest BCUT2D eigenvalue weighted by atomic mass is 9.86. The van der Waals surface area contributed by atoms with Gasteiger partial charge in [-0.25, -0.2) is 17.5 Å². The molecule has 0 bridgehead atoms. The lowest BCUT2D eigenvalue weighted by Gasteiger charge is -2.25. The SMILES string of the molecule is CNCC1Cc2cc(F)c(CCNS(=O)(=O)C3CCC3)cc2C1Cc1ccccc1. The fraction of sp³-hybridized carbons (Fsp3) is 0.500. The molecule has 0 spiro atoms. The largest absolute Gasteiger partial charge is 0.319 e. The smallest absolute Gasteiger partial charge is 0.214 e. The van der Waals surface area contributed by atoms with Crippen molar-refractivity contribution >= 4 is 10.0 Å². The fourth-order valence-corrected chi connectivity index (χ4v) is 6.39. The molecule has 30 heavy (non-hydrogen) atoms. The molecule has 2 unspecified atom stereocenters. The van der Waals surface area contributed by atoms with Crippen molar-refractivity contribution in [3.05, 3.63) is 70.5 Å². The molecule has 2 atom stereocenters. The highest BCUT2D eigenvalue weighted by atomic mass is 32.2. The van der Waals surface area contributed by atoms with Gasteiger partial charge in [0.2, 0.25) is 10.0 Å². The van der Waals surface area contributed by atoms with E-state index in [-0.39, 0.29) is 17.6 Å². The zero-order valence-corrected chi connectivity index (χ0v) is 18.3. The summed E-state index contributed by atoms with van der Waals surface area (Å²) in [5, 5.41) is 3.03. The molecule has 162 valence electrons. The van der Waals surface area contributed by atoms with Gasteiger partial charge in [-0.2, -0.15) is 0 Å². The van der Waals surface area contributed by atoms with Crippen LogP contribution in [0.2, 0.25) is 0 Å². The minimum absolute atomic E-state index is 0.222. The van der Waals surface area contributed by atoms with E-state index in [1.165, 1.54) is 11.1 Å². The molecule has 4 nitrogen and oxygen atoms in total. The van der Waals surface area contributed by atoms with Gasteiger partial charge in [0.1, 0.15) is 5.82 Å². The minimum Gasteiger partial charge on any atom is -0.319 e. The summed E-state index contributed by atoms with van der Waals surface area (Å²) in [4.78, 5) is 0. The Bertz CT molecular complexity index is 974. The second-order valence-electron chi connectivity index (χ2n) is 8.70. The molecule has 0 heterocycles. The summed E-state index contributed by atoms with van der Waals surface area (Å²) in [6.45, 7) is 1.14. The summed E-state index contributed by atoms with van der Waals surface area (Å²) < 4.78 is 41.9. The van der Waals surface area contributed by atoms with Crippen LogP contribution in [0, 0.1) is 11.7 Å². The van der Waals surface area contributed by atoms with Crippen molar-refractivity contribution in [2.24, 2.45) is 5.92 Å². The van der Waals surface area contributed by atoms with E-state index in [1.807, 2.05) is 19.2 Å². The standard InChI is InChI=1S/C24H31FN2O2S/c1-26-16-20-13-19-15-24(25)18(10-11-27-30(28,29)21-8-5-9-21)14-23(19)22(20)12-17-6-3-2-4-7-17/h2-4,6-7,14-15,20-22,26-27H,5,8-13,16H2,1H3. The Balaban J connectivity index is 1.51. The van der Waals surface area contributed by atoms with Gasteiger partial charge in [0, 0.05) is 6.54 Å². The first-order valence-electron chi connectivity index (χ1n) is 11.0. The van der Waals surface area contributed by atoms with E-state index in [0.29, 0.717) is 23.8 Å². The second-order valence-corrected chi connectivity index (χ2v) is 10.7. The highest BCUT2D eigenvalue weighted by Gasteiger charge is 2.33. The fourth-order valence-electron chi connectivity index (χ4n) is 4.82. The van der Waals surface area contributed by atoms with E-state index < -0.39 is 10.0 Å². The van der Waals surface area contributed by atoms with Crippen LogP contribution in [0.1, 0.15) is 47.4 Å². The Morgan fingerprint density at radius 2 is 1.90 bits per heavy atom. The summed E-state index contributed by atoms with van der Waals surface area (Å²) in [7, 11) is -1.31. The lowest BCUT2D eigenvalue weighted by Crippen LogP contribution is -2.39. The third kappa shape index (κ3) is 4.61. The first-order chi connectivity index (χ1) is 14.5. The molecule has 0 radical (unpaired) electrons. The van der Waals surface area contributed by atoms with Gasteiger partial charge < -0.3 is 5.32 Å². The number of fused-ring (bicyclic) bond motifs is 1. The third-order valence-corrected chi connectivity index (χ3v) is 8.67. The van der Waals surface area contributed by atoms with Gasteiger partial charge in [0.05, 0.1) is 5.25 Å². The average Bonchev–Trinajstić information content (AvgIpc) is 2.97. The first-order valence-corrected chi connectivity index (χ1v) is 12.5. The Kier molecular flexibility index (Phi) is 6.56. The van der Waals surface area contributed by atoms with Gasteiger partial charge in [-0.1, -0.05) is 42.8 Å². The predicted molar refractivity (Wildman–Crippen MR) is 119 cm³/mol. The molecule has 2 aromatic carbocycles. The van der Waals surface area contributed by atoms with Crippen molar-refractivity contribution in [1.29, 1.82) is 0 Å². The number of nitrogens with one attached hydrogen (secondary N) is 2. The lowest BCUT2D eigenvalue weighted by molar-refractivity contribution is 0.436. The van der Waals surface area contributed by atoms with E-state index in [1.54, 1.807) is 6.07 Å². The van der Waals surface area contributed by atoms with Gasteiger partial charge in [0.15, 0.2) is 0 Å². The third-order valence-electron chi connectivity index (χ3n) is 6.71. The van der Waals surface area contributed by atoms with E-state index in [4.69, 9.17) is 0 Å². The second kappa shape index (κ2) is 9.16. The quantitative estimate of drug-likeness (QED) is 0.640. The van der Waals surface area contributed by atoms with Crippen LogP contribution in [0.5, 0.6) is 0 Å². The molecule has 0 aromatic heterocycles. The highest BCUT2D eigenvalue weighted by molar-refractivity contribution is 7.90. The molecule has 2 aromatic rings. The molecule has 2 aliphatic carbocycles. The maximum absolute atomic E-state index is 14.8. The van der Waals surface area contributed by atoms with Crippen molar-refractivity contribution in [1.82, 2.24) is 10.0 Å². The normalized spacial score (nSPS) is 21.4. The number of rotatable bonds is 9. The number of sulfonamides is 1. The average molecular weight is 431 g/mol. The van der Waals surface area contributed by atoms with Crippen LogP contribution in [0.3, 0.4) is 0 Å². The van der Waals surface area contributed by atoms with Crippen molar-refractivity contribution in [3.8, 4) is 0 Å². The van der Waals surface area contributed by atoms with Crippen LogP contribution in [0.25, 0.3) is 0 Å². The molecule has 0 amide bonds. The Labute approximate surface area is 179 Å². The van der Waals surface area contributed by atoms with Crippen molar-refractivity contribution < 1.29 is 12.8 Å². The van der Waals surface area contributed by atoms with Crippen molar-refractivity contribution in [2.75, 3.05) is 20.1 Å². The van der Waals surface area contributed by atoms with E-state index >= 15 is 0 Å². The van der Waals surface area contributed by atoms with Crippen LogP contribution in [-0.4, -0.2) is 33.8 Å². The predicted octanol–water partition coefficient (Wildman–Crippen LogP) is 3.56. The van der Waals surface area contributed by atoms with Crippen LogP contribution < -0.4 is 10.0 Å². The zero-order chi connectivity index (χ0) is 21.1. The molecule has 6 heteroatoms. The summed E-state index contributed by atoms with van der Waals surface area (Å²) in [5.41, 5.74) is 4.20. The maximum atomic E-state index is 14.8. The van der Waals surface area contributed by atoms with Crippen LogP contribution in [0.4, 0.5) is 4.39 Å². The molecule has 0 saturated heterocycles. The summed E-state index contributed by atoms with van der Waals surface area (Å²) in [6, 6.07) is 14.1. The van der Waals surface area contributed by atoms with E-state index in [0.717, 1.165) is 44.2 Å². The van der Waals surface area contributed by atoms with Crippen molar-refractivity contribution in [3.63, 3.8) is 0 Å². The Hall–Kier alpha value is -1.76. The topological polar surface area (TPSA) is 58.2 Å². The van der Waals surface area contributed by atoms with Gasteiger partial charge in [-0.15, -0.1) is 0 Å². The summed E-state index contributed by atoms with van der Waals surface area (Å²) in [6.07, 6.45) is 4.62. The van der Waals surface area contributed by atoms with Gasteiger partial charge in [0.25, 0.3) is 0 Å². The van der Waals surface area contributed by atoms with Gasteiger partial charge in [-0.05, 0) is 85.9 Å². The van der Waals surface area contributed by atoms with Crippen LogP contribution in [0.15, 0.2) is 42.5 Å². The maximum Gasteiger partial charge on any atom is 0.214 e. The molecule has 1 fully saturated rings. The van der Waals surface area contributed by atoms with Gasteiger partial charge in [-0.3, -0.25) is 0 Å². The molecule has 2 N–H and O–H groups in total. The van der Waals surface area contributed by atoms with Gasteiger partial charge >= 0.3 is 0 Å². The molecule has 0 aliphatic heterocycles. The Morgan fingerprint density at radius 3 is 2.57 bits per heavy atom. The molecule has 1 saturated carbocycles. The molecular weight excluding hydrogens is 399 g/mol.